The Morgan fingerprint density at radius 2 is 1.96 bits per heavy atom. The molecule has 24 heavy (non-hydrogen) atoms. The molecule has 0 aliphatic heterocycles. The third-order valence-electron chi connectivity index (χ3n) is 4.39. The van der Waals surface area contributed by atoms with Crippen molar-refractivity contribution in [2.24, 2.45) is 5.92 Å². The molecular weight excluding hydrogens is 308 g/mol. The minimum absolute atomic E-state index is 0.355. The van der Waals surface area contributed by atoms with E-state index in [1.54, 1.807) is 7.11 Å². The molecule has 124 valence electrons. The van der Waals surface area contributed by atoms with Gasteiger partial charge in [0.2, 0.25) is 0 Å². The van der Waals surface area contributed by atoms with Crippen molar-refractivity contribution in [1.29, 1.82) is 0 Å². The van der Waals surface area contributed by atoms with Crippen LogP contribution >= 0.6 is 0 Å². The zero-order chi connectivity index (χ0) is 16.7. The molecule has 0 saturated heterocycles. The molecule has 0 spiro atoms. The number of nitrogens with zero attached hydrogens (tertiary/aromatic N) is 2. The van der Waals surface area contributed by atoms with Crippen LogP contribution in [0.15, 0.2) is 33.9 Å². The number of H-pyrrole nitrogens is 2. The van der Waals surface area contributed by atoms with Gasteiger partial charge in [-0.25, -0.2) is 9.78 Å². The number of methoxy groups -OCH3 is 1. The van der Waals surface area contributed by atoms with Crippen LogP contribution in [0.2, 0.25) is 0 Å². The first-order valence-electron chi connectivity index (χ1n) is 7.98. The van der Waals surface area contributed by atoms with Gasteiger partial charge in [-0.3, -0.25) is 14.8 Å². The average molecular weight is 326 g/mol. The van der Waals surface area contributed by atoms with Crippen molar-refractivity contribution in [1.82, 2.24) is 19.5 Å². The van der Waals surface area contributed by atoms with Gasteiger partial charge in [-0.15, -0.1) is 0 Å². The van der Waals surface area contributed by atoms with Crippen LogP contribution in [-0.2, 0) is 13.0 Å². The molecule has 0 unspecified atom stereocenters. The fourth-order valence-corrected chi connectivity index (χ4v) is 2.94. The monoisotopic (exact) mass is 326 g/mol. The molecule has 0 amide bonds. The molecule has 2 heterocycles. The van der Waals surface area contributed by atoms with Crippen molar-refractivity contribution >= 4 is 11.2 Å². The summed E-state index contributed by atoms with van der Waals surface area (Å²) in [5.74, 6) is 2.26. The quantitative estimate of drug-likeness (QED) is 0.741. The van der Waals surface area contributed by atoms with Crippen LogP contribution in [0.3, 0.4) is 0 Å². The Morgan fingerprint density at radius 3 is 2.62 bits per heavy atom. The van der Waals surface area contributed by atoms with Crippen molar-refractivity contribution in [2.45, 2.75) is 25.8 Å². The Labute approximate surface area is 137 Å². The SMILES string of the molecule is COc1ccc(Cn2c(CC3CC3)nc3[nH]c(=O)[nH]c(=O)c32)cc1. The number of hydrogen-bond donors (Lipinski definition) is 2. The number of ether oxygens (including phenoxy) is 1. The molecule has 1 aliphatic rings. The highest BCUT2D eigenvalue weighted by molar-refractivity contribution is 5.70. The van der Waals surface area contributed by atoms with E-state index in [0.29, 0.717) is 23.6 Å². The summed E-state index contributed by atoms with van der Waals surface area (Å²) in [6, 6.07) is 7.71. The molecule has 1 fully saturated rings. The van der Waals surface area contributed by atoms with Gasteiger partial charge < -0.3 is 9.30 Å². The first-order valence-corrected chi connectivity index (χ1v) is 7.98. The van der Waals surface area contributed by atoms with Crippen LogP contribution in [0.5, 0.6) is 5.75 Å². The molecule has 2 N–H and O–H groups in total. The maximum absolute atomic E-state index is 12.3. The Kier molecular flexibility index (Phi) is 3.48. The molecule has 0 atom stereocenters. The third kappa shape index (κ3) is 2.73. The number of fused-ring (bicyclic) bond motifs is 1. The van der Waals surface area contributed by atoms with E-state index < -0.39 is 11.2 Å². The van der Waals surface area contributed by atoms with Gasteiger partial charge in [-0.2, -0.15) is 0 Å². The highest BCUT2D eigenvalue weighted by atomic mass is 16.5. The van der Waals surface area contributed by atoms with E-state index >= 15 is 0 Å². The number of nitrogens with one attached hydrogen (secondary N) is 2. The minimum Gasteiger partial charge on any atom is -0.497 e. The first-order chi connectivity index (χ1) is 11.6. The van der Waals surface area contributed by atoms with Gasteiger partial charge in [0.1, 0.15) is 11.6 Å². The van der Waals surface area contributed by atoms with Crippen molar-refractivity contribution in [3.63, 3.8) is 0 Å². The summed E-state index contributed by atoms with van der Waals surface area (Å²) in [7, 11) is 1.63. The predicted octanol–water partition coefficient (Wildman–Crippen LogP) is 1.42. The second-order valence-corrected chi connectivity index (χ2v) is 6.22. The zero-order valence-electron chi connectivity index (χ0n) is 13.3. The zero-order valence-corrected chi connectivity index (χ0v) is 13.3. The Bertz CT molecular complexity index is 993. The molecule has 7 heteroatoms. The van der Waals surface area contributed by atoms with Crippen LogP contribution in [0, 0.1) is 5.92 Å². The molecule has 3 aromatic rings. The fraction of sp³-hybridized carbons (Fsp3) is 0.353. The van der Waals surface area contributed by atoms with E-state index in [2.05, 4.69) is 15.0 Å². The Balaban J connectivity index is 1.81. The number of benzene rings is 1. The summed E-state index contributed by atoms with van der Waals surface area (Å²) >= 11 is 0. The molecule has 7 nitrogen and oxygen atoms in total. The summed E-state index contributed by atoms with van der Waals surface area (Å²) in [4.78, 5) is 33.2. The molecule has 1 aromatic carbocycles. The number of rotatable bonds is 5. The van der Waals surface area contributed by atoms with Crippen molar-refractivity contribution in [2.75, 3.05) is 7.11 Å². The summed E-state index contributed by atoms with van der Waals surface area (Å²) in [5, 5.41) is 0. The summed E-state index contributed by atoms with van der Waals surface area (Å²) < 4.78 is 7.08. The molecule has 2 aromatic heterocycles. The van der Waals surface area contributed by atoms with Crippen LogP contribution in [0.4, 0.5) is 0 Å². The highest BCUT2D eigenvalue weighted by Crippen LogP contribution is 2.33. The summed E-state index contributed by atoms with van der Waals surface area (Å²) in [6.07, 6.45) is 3.21. The fourth-order valence-electron chi connectivity index (χ4n) is 2.94. The largest absolute Gasteiger partial charge is 0.497 e. The van der Waals surface area contributed by atoms with Crippen LogP contribution in [0.1, 0.15) is 24.2 Å². The van der Waals surface area contributed by atoms with Gasteiger partial charge in [0, 0.05) is 13.0 Å². The van der Waals surface area contributed by atoms with E-state index in [-0.39, 0.29) is 0 Å². The average Bonchev–Trinajstić information content (AvgIpc) is 3.31. The van der Waals surface area contributed by atoms with Crippen LogP contribution in [-0.4, -0.2) is 26.6 Å². The number of aromatic amines is 2. The van der Waals surface area contributed by atoms with E-state index in [0.717, 1.165) is 23.6 Å². The van der Waals surface area contributed by atoms with Crippen LogP contribution in [0.25, 0.3) is 11.2 Å². The Morgan fingerprint density at radius 1 is 1.21 bits per heavy atom. The minimum atomic E-state index is -0.528. The van der Waals surface area contributed by atoms with Gasteiger partial charge in [0.05, 0.1) is 7.11 Å². The lowest BCUT2D eigenvalue weighted by molar-refractivity contribution is 0.414. The predicted molar refractivity (Wildman–Crippen MR) is 89.5 cm³/mol. The van der Waals surface area contributed by atoms with Crippen molar-refractivity contribution in [3.8, 4) is 5.75 Å². The number of hydrogen-bond acceptors (Lipinski definition) is 4. The number of imidazole rings is 1. The molecule has 1 saturated carbocycles. The summed E-state index contributed by atoms with van der Waals surface area (Å²) in [6.45, 7) is 0.525. The van der Waals surface area contributed by atoms with E-state index in [9.17, 15) is 9.59 Å². The standard InChI is InChI=1S/C17H18N4O3/c1-24-12-6-4-11(5-7-12)9-21-13(8-10-2-3-10)18-15-14(21)16(22)20-17(23)19-15/h4-7,10H,2-3,8-9H2,1H3,(H2,19,20,22,23). The van der Waals surface area contributed by atoms with E-state index in [1.165, 1.54) is 12.8 Å². The van der Waals surface area contributed by atoms with Crippen molar-refractivity contribution in [3.05, 3.63) is 56.5 Å². The maximum atomic E-state index is 12.3. The summed E-state index contributed by atoms with van der Waals surface area (Å²) in [5.41, 5.74) is 0.878. The lowest BCUT2D eigenvalue weighted by Gasteiger charge is -2.09. The maximum Gasteiger partial charge on any atom is 0.327 e. The smallest absolute Gasteiger partial charge is 0.327 e. The molecule has 1 aliphatic carbocycles. The van der Waals surface area contributed by atoms with Gasteiger partial charge in [0.25, 0.3) is 5.56 Å². The van der Waals surface area contributed by atoms with Gasteiger partial charge in [-0.1, -0.05) is 12.1 Å². The molecular formula is C17H18N4O3. The van der Waals surface area contributed by atoms with Gasteiger partial charge >= 0.3 is 5.69 Å². The molecule has 0 radical (unpaired) electrons. The van der Waals surface area contributed by atoms with Gasteiger partial charge in [0.15, 0.2) is 11.2 Å². The second-order valence-electron chi connectivity index (χ2n) is 6.22. The normalized spacial score (nSPS) is 14.2. The van der Waals surface area contributed by atoms with E-state index in [1.807, 2.05) is 28.8 Å². The van der Waals surface area contributed by atoms with E-state index in [4.69, 9.17) is 4.74 Å². The topological polar surface area (TPSA) is 92.8 Å². The van der Waals surface area contributed by atoms with Gasteiger partial charge in [-0.05, 0) is 36.5 Å². The second kappa shape index (κ2) is 5.67. The molecule has 4 rings (SSSR count). The first kappa shape index (κ1) is 14.7. The number of aromatic nitrogens is 4. The third-order valence-corrected chi connectivity index (χ3v) is 4.39. The Hall–Kier alpha value is -2.83. The lowest BCUT2D eigenvalue weighted by atomic mass is 10.2. The van der Waals surface area contributed by atoms with Crippen molar-refractivity contribution < 1.29 is 4.74 Å². The van der Waals surface area contributed by atoms with Crippen LogP contribution < -0.4 is 16.0 Å². The molecule has 0 bridgehead atoms. The highest BCUT2D eigenvalue weighted by Gasteiger charge is 2.25. The lowest BCUT2D eigenvalue weighted by Crippen LogP contribution is -2.23.